The van der Waals surface area contributed by atoms with E-state index in [1.54, 1.807) is 14.0 Å². The van der Waals surface area contributed by atoms with Gasteiger partial charge in [0, 0.05) is 57.3 Å². The van der Waals surface area contributed by atoms with Crippen molar-refractivity contribution in [2.45, 2.75) is 58.0 Å². The summed E-state index contributed by atoms with van der Waals surface area (Å²) in [6.45, 7) is 5.47. The maximum absolute atomic E-state index is 13.5. The molecule has 1 saturated heterocycles. The van der Waals surface area contributed by atoms with E-state index in [0.29, 0.717) is 51.9 Å². The van der Waals surface area contributed by atoms with Gasteiger partial charge in [0.15, 0.2) is 0 Å². The fraction of sp³-hybridized carbons (Fsp3) is 0.680. The van der Waals surface area contributed by atoms with Gasteiger partial charge in [-0.3, -0.25) is 9.59 Å². The van der Waals surface area contributed by atoms with Crippen molar-refractivity contribution in [1.29, 1.82) is 0 Å². The van der Waals surface area contributed by atoms with Gasteiger partial charge in [0.2, 0.25) is 5.91 Å². The van der Waals surface area contributed by atoms with Crippen LogP contribution in [0, 0.1) is 11.8 Å². The molecule has 2 fully saturated rings. The van der Waals surface area contributed by atoms with Gasteiger partial charge < -0.3 is 24.4 Å². The van der Waals surface area contributed by atoms with Gasteiger partial charge >= 0.3 is 0 Å². The molecule has 32 heavy (non-hydrogen) atoms. The van der Waals surface area contributed by atoms with E-state index in [4.69, 9.17) is 14.2 Å². The van der Waals surface area contributed by atoms with E-state index in [0.717, 1.165) is 54.7 Å². The van der Waals surface area contributed by atoms with Gasteiger partial charge in [0.05, 0.1) is 19.1 Å². The largest absolute Gasteiger partial charge is 0.493 e. The number of fused-ring (bicyclic) bond motifs is 1. The molecule has 0 radical (unpaired) electrons. The standard InChI is InChI=1S/C25H36N2O5/c1-17(28)19-13-20(15-26-14-19)25(29)27(21-6-7-21)16-18-11-23-22(5-3-9-31-23)24(12-18)32-10-4-8-30-2/h11-12,19-21,26H,3-10,13-16H2,1-2H3. The van der Waals surface area contributed by atoms with Crippen molar-refractivity contribution in [3.8, 4) is 11.5 Å². The number of ketones is 1. The van der Waals surface area contributed by atoms with Crippen LogP contribution in [0.3, 0.4) is 0 Å². The molecule has 1 N–H and O–H groups in total. The topological polar surface area (TPSA) is 77.1 Å². The lowest BCUT2D eigenvalue weighted by molar-refractivity contribution is -0.138. The third-order valence-electron chi connectivity index (χ3n) is 6.71. The van der Waals surface area contributed by atoms with E-state index in [1.807, 2.05) is 4.90 Å². The van der Waals surface area contributed by atoms with E-state index >= 15 is 0 Å². The molecule has 1 amide bonds. The molecule has 7 heteroatoms. The predicted molar refractivity (Wildman–Crippen MR) is 121 cm³/mol. The van der Waals surface area contributed by atoms with Crippen LogP contribution >= 0.6 is 0 Å². The fourth-order valence-electron chi connectivity index (χ4n) is 4.73. The van der Waals surface area contributed by atoms with Crippen molar-refractivity contribution in [2.24, 2.45) is 11.8 Å². The van der Waals surface area contributed by atoms with Crippen LogP contribution in [0.4, 0.5) is 0 Å². The molecule has 2 unspecified atom stereocenters. The number of amides is 1. The highest BCUT2D eigenvalue weighted by atomic mass is 16.5. The van der Waals surface area contributed by atoms with Gasteiger partial charge in [-0.15, -0.1) is 0 Å². The highest BCUT2D eigenvalue weighted by molar-refractivity contribution is 5.83. The number of hydrogen-bond donors (Lipinski definition) is 1. The molecule has 0 spiro atoms. The second kappa shape index (κ2) is 10.7. The lowest BCUT2D eigenvalue weighted by Crippen LogP contribution is -2.47. The van der Waals surface area contributed by atoms with Crippen LogP contribution in [0.1, 0.15) is 50.2 Å². The summed E-state index contributed by atoms with van der Waals surface area (Å²) in [6, 6.07) is 4.46. The third kappa shape index (κ3) is 5.62. The number of benzene rings is 1. The van der Waals surface area contributed by atoms with E-state index < -0.39 is 0 Å². The zero-order chi connectivity index (χ0) is 22.5. The number of carbonyl (C=O) groups excluding carboxylic acids is 2. The summed E-state index contributed by atoms with van der Waals surface area (Å²) in [5.74, 6) is 1.87. The van der Waals surface area contributed by atoms with Crippen LogP contribution in [0.25, 0.3) is 0 Å². The average molecular weight is 445 g/mol. The molecule has 1 aromatic rings. The number of rotatable bonds is 10. The summed E-state index contributed by atoms with van der Waals surface area (Å²) < 4.78 is 17.2. The van der Waals surface area contributed by atoms with E-state index in [-0.39, 0.29) is 23.5 Å². The van der Waals surface area contributed by atoms with Crippen LogP contribution in [-0.2, 0) is 27.3 Å². The number of Topliss-reactive ketones (excluding diaryl/α,β-unsaturated/α-hetero) is 1. The summed E-state index contributed by atoms with van der Waals surface area (Å²) in [5, 5.41) is 3.29. The average Bonchev–Trinajstić information content (AvgIpc) is 3.65. The molecule has 2 heterocycles. The number of nitrogens with one attached hydrogen (secondary N) is 1. The highest BCUT2D eigenvalue weighted by Crippen LogP contribution is 2.37. The van der Waals surface area contributed by atoms with Gasteiger partial charge in [-0.2, -0.15) is 0 Å². The van der Waals surface area contributed by atoms with Gasteiger partial charge in [-0.25, -0.2) is 0 Å². The van der Waals surface area contributed by atoms with Gasteiger partial charge in [0.1, 0.15) is 17.3 Å². The minimum atomic E-state index is -0.142. The van der Waals surface area contributed by atoms with E-state index in [9.17, 15) is 9.59 Å². The van der Waals surface area contributed by atoms with Gasteiger partial charge in [-0.1, -0.05) is 0 Å². The Morgan fingerprint density at radius 1 is 1.19 bits per heavy atom. The minimum Gasteiger partial charge on any atom is -0.493 e. The second-order valence-corrected chi connectivity index (χ2v) is 9.31. The van der Waals surface area contributed by atoms with Crippen LogP contribution in [0.15, 0.2) is 12.1 Å². The molecule has 1 aromatic carbocycles. The molecule has 3 aliphatic rings. The van der Waals surface area contributed by atoms with Crippen molar-refractivity contribution < 1.29 is 23.8 Å². The molecule has 176 valence electrons. The van der Waals surface area contributed by atoms with Crippen molar-refractivity contribution >= 4 is 11.7 Å². The first-order chi connectivity index (χ1) is 15.6. The van der Waals surface area contributed by atoms with Gasteiger partial charge in [0.25, 0.3) is 0 Å². The quantitative estimate of drug-likeness (QED) is 0.559. The number of ether oxygens (including phenoxy) is 3. The summed E-state index contributed by atoms with van der Waals surface area (Å²) in [5.41, 5.74) is 2.17. The fourth-order valence-corrected chi connectivity index (χ4v) is 4.73. The van der Waals surface area contributed by atoms with Crippen LogP contribution in [0.2, 0.25) is 0 Å². The Hall–Kier alpha value is -2.12. The summed E-state index contributed by atoms with van der Waals surface area (Å²) >= 11 is 0. The first-order valence-electron chi connectivity index (χ1n) is 12.0. The van der Waals surface area contributed by atoms with Crippen molar-refractivity contribution in [1.82, 2.24) is 10.2 Å². The number of nitrogens with zero attached hydrogens (tertiary/aromatic N) is 1. The Bertz CT molecular complexity index is 823. The first-order valence-corrected chi connectivity index (χ1v) is 12.0. The molecular formula is C25H36N2O5. The zero-order valence-electron chi connectivity index (χ0n) is 19.4. The first kappa shape index (κ1) is 23.1. The maximum Gasteiger partial charge on any atom is 0.227 e. The molecule has 2 atom stereocenters. The molecule has 4 rings (SSSR count). The smallest absolute Gasteiger partial charge is 0.227 e. The molecule has 0 aromatic heterocycles. The predicted octanol–water partition coefficient (Wildman–Crippen LogP) is 2.73. The molecule has 2 aliphatic heterocycles. The van der Waals surface area contributed by atoms with Crippen molar-refractivity contribution in [3.63, 3.8) is 0 Å². The normalized spacial score (nSPS) is 22.6. The van der Waals surface area contributed by atoms with Crippen molar-refractivity contribution in [3.05, 3.63) is 23.3 Å². The Morgan fingerprint density at radius 3 is 2.75 bits per heavy atom. The number of carbonyl (C=O) groups is 2. The zero-order valence-corrected chi connectivity index (χ0v) is 19.4. The Labute approximate surface area is 190 Å². The summed E-state index contributed by atoms with van der Waals surface area (Å²) in [6.07, 6.45) is 5.49. The van der Waals surface area contributed by atoms with Crippen LogP contribution in [-0.4, -0.2) is 62.7 Å². The highest BCUT2D eigenvalue weighted by Gasteiger charge is 2.38. The second-order valence-electron chi connectivity index (χ2n) is 9.31. The molecule has 0 bridgehead atoms. The monoisotopic (exact) mass is 444 g/mol. The van der Waals surface area contributed by atoms with E-state index in [2.05, 4.69) is 17.4 Å². The molecule has 1 aliphatic carbocycles. The van der Waals surface area contributed by atoms with E-state index in [1.165, 1.54) is 0 Å². The Balaban J connectivity index is 1.50. The molecular weight excluding hydrogens is 408 g/mol. The maximum atomic E-state index is 13.5. The van der Waals surface area contributed by atoms with Gasteiger partial charge in [-0.05, 0) is 56.7 Å². The van der Waals surface area contributed by atoms with Crippen molar-refractivity contribution in [2.75, 3.05) is 40.0 Å². The summed E-state index contributed by atoms with van der Waals surface area (Å²) in [4.78, 5) is 27.4. The number of piperidine rings is 1. The number of hydrogen-bond acceptors (Lipinski definition) is 6. The Morgan fingerprint density at radius 2 is 2.00 bits per heavy atom. The third-order valence-corrected chi connectivity index (χ3v) is 6.71. The van der Waals surface area contributed by atoms with Crippen LogP contribution in [0.5, 0.6) is 11.5 Å². The lowest BCUT2D eigenvalue weighted by Gasteiger charge is -2.33. The SMILES string of the molecule is COCCCOc1cc(CN(C(=O)C2CNCC(C(C)=O)C2)C2CC2)cc2c1CCCO2. The number of methoxy groups -OCH3 is 1. The van der Waals surface area contributed by atoms with Crippen LogP contribution < -0.4 is 14.8 Å². The Kier molecular flexibility index (Phi) is 7.68. The lowest BCUT2D eigenvalue weighted by atomic mass is 9.87. The summed E-state index contributed by atoms with van der Waals surface area (Å²) in [7, 11) is 1.69. The minimum absolute atomic E-state index is 0.0667. The molecule has 1 saturated carbocycles. The molecule has 7 nitrogen and oxygen atoms in total.